The first-order valence-electron chi connectivity index (χ1n) is 6.63. The standard InChI is InChI=1S/C15H17N3O3S/c1-8-4-3-5-10(6-8)18-15(21)17-9(2)12-7-11(19)13(22-12)14(16)20/h3-7,9,19H,1-2H3,(H2,16,20)(H2,17,18,21). The Morgan fingerprint density at radius 2 is 2.05 bits per heavy atom. The molecule has 1 aromatic heterocycles. The highest BCUT2D eigenvalue weighted by atomic mass is 32.1. The number of hydrogen-bond donors (Lipinski definition) is 4. The second kappa shape index (κ2) is 6.48. The number of urea groups is 1. The molecule has 0 radical (unpaired) electrons. The van der Waals surface area contributed by atoms with Crippen LogP contribution in [0.2, 0.25) is 0 Å². The molecule has 0 aliphatic heterocycles. The number of nitrogens with two attached hydrogens (primary N) is 1. The van der Waals surface area contributed by atoms with Gasteiger partial charge in [-0.05, 0) is 37.6 Å². The van der Waals surface area contributed by atoms with Crippen molar-refractivity contribution in [2.24, 2.45) is 5.73 Å². The smallest absolute Gasteiger partial charge is 0.319 e. The fraction of sp³-hybridized carbons (Fsp3) is 0.200. The normalized spacial score (nSPS) is 11.7. The lowest BCUT2D eigenvalue weighted by Gasteiger charge is -2.13. The lowest BCUT2D eigenvalue weighted by atomic mass is 10.2. The highest BCUT2D eigenvalue weighted by molar-refractivity contribution is 7.14. The minimum absolute atomic E-state index is 0.0859. The van der Waals surface area contributed by atoms with Crippen molar-refractivity contribution in [1.82, 2.24) is 5.32 Å². The lowest BCUT2D eigenvalue weighted by Crippen LogP contribution is -2.30. The van der Waals surface area contributed by atoms with Crippen LogP contribution >= 0.6 is 11.3 Å². The fourth-order valence-electron chi connectivity index (χ4n) is 1.95. The Bertz CT molecular complexity index is 712. The van der Waals surface area contributed by atoms with Gasteiger partial charge in [-0.1, -0.05) is 12.1 Å². The van der Waals surface area contributed by atoms with E-state index in [1.165, 1.54) is 6.07 Å². The zero-order valence-electron chi connectivity index (χ0n) is 12.2. The molecular formula is C15H17N3O3S. The molecule has 0 bridgehead atoms. The molecule has 0 saturated carbocycles. The first-order valence-corrected chi connectivity index (χ1v) is 7.45. The third-order valence-electron chi connectivity index (χ3n) is 3.01. The maximum absolute atomic E-state index is 12.0. The van der Waals surface area contributed by atoms with Crippen LogP contribution < -0.4 is 16.4 Å². The Hall–Kier alpha value is -2.54. The van der Waals surface area contributed by atoms with E-state index in [1.54, 1.807) is 13.0 Å². The van der Waals surface area contributed by atoms with Crippen LogP contribution in [0.15, 0.2) is 30.3 Å². The second-order valence-corrected chi connectivity index (χ2v) is 6.00. The molecule has 5 N–H and O–H groups in total. The van der Waals surface area contributed by atoms with Crippen LogP contribution in [0.25, 0.3) is 0 Å². The summed E-state index contributed by atoms with van der Waals surface area (Å²) >= 11 is 1.06. The first kappa shape index (κ1) is 15.8. The van der Waals surface area contributed by atoms with Crippen LogP contribution in [0, 0.1) is 6.92 Å². The molecule has 1 atom stereocenters. The predicted molar refractivity (Wildman–Crippen MR) is 86.3 cm³/mol. The van der Waals surface area contributed by atoms with E-state index >= 15 is 0 Å². The highest BCUT2D eigenvalue weighted by Crippen LogP contribution is 2.31. The molecule has 116 valence electrons. The molecule has 6 nitrogen and oxygen atoms in total. The Morgan fingerprint density at radius 1 is 1.32 bits per heavy atom. The molecular weight excluding hydrogens is 302 g/mol. The predicted octanol–water partition coefficient (Wildman–Crippen LogP) is 2.74. The molecule has 2 aromatic rings. The number of aromatic hydroxyl groups is 1. The van der Waals surface area contributed by atoms with Crippen molar-refractivity contribution < 1.29 is 14.7 Å². The Kier molecular flexibility index (Phi) is 4.67. The van der Waals surface area contributed by atoms with Crippen LogP contribution in [-0.4, -0.2) is 17.0 Å². The molecule has 0 fully saturated rings. The number of carbonyl (C=O) groups excluding carboxylic acids is 2. The second-order valence-electron chi connectivity index (χ2n) is 4.92. The summed E-state index contributed by atoms with van der Waals surface area (Å²) < 4.78 is 0. The number of rotatable bonds is 4. The van der Waals surface area contributed by atoms with Crippen molar-refractivity contribution in [1.29, 1.82) is 0 Å². The van der Waals surface area contributed by atoms with Gasteiger partial charge < -0.3 is 21.5 Å². The van der Waals surface area contributed by atoms with Crippen molar-refractivity contribution in [2.75, 3.05) is 5.32 Å². The molecule has 0 saturated heterocycles. The van der Waals surface area contributed by atoms with Gasteiger partial charge in [-0.2, -0.15) is 0 Å². The van der Waals surface area contributed by atoms with Gasteiger partial charge in [0, 0.05) is 10.6 Å². The fourth-order valence-corrected chi connectivity index (χ4v) is 2.85. The molecule has 0 aliphatic carbocycles. The minimum Gasteiger partial charge on any atom is -0.506 e. The molecule has 1 unspecified atom stereocenters. The van der Waals surface area contributed by atoms with Crippen LogP contribution in [0.1, 0.15) is 33.1 Å². The van der Waals surface area contributed by atoms with E-state index in [4.69, 9.17) is 5.73 Å². The molecule has 1 heterocycles. The maximum Gasteiger partial charge on any atom is 0.319 e. The third-order valence-corrected chi connectivity index (χ3v) is 4.33. The number of hydrogen-bond acceptors (Lipinski definition) is 4. The van der Waals surface area contributed by atoms with Crippen LogP contribution in [0.5, 0.6) is 5.75 Å². The summed E-state index contributed by atoms with van der Waals surface area (Å²) in [5.41, 5.74) is 6.89. The summed E-state index contributed by atoms with van der Waals surface area (Å²) in [5, 5.41) is 15.1. The Labute approximate surface area is 132 Å². The minimum atomic E-state index is -0.690. The van der Waals surface area contributed by atoms with Gasteiger partial charge in [-0.25, -0.2) is 4.79 Å². The Balaban J connectivity index is 2.02. The van der Waals surface area contributed by atoms with Crippen molar-refractivity contribution in [3.05, 3.63) is 45.6 Å². The maximum atomic E-state index is 12.0. The first-order chi connectivity index (χ1) is 10.4. The van der Waals surface area contributed by atoms with Gasteiger partial charge in [0.2, 0.25) is 0 Å². The van der Waals surface area contributed by atoms with Crippen molar-refractivity contribution in [3.63, 3.8) is 0 Å². The summed E-state index contributed by atoms with van der Waals surface area (Å²) in [7, 11) is 0. The number of aryl methyl sites for hydroxylation is 1. The summed E-state index contributed by atoms with van der Waals surface area (Å²) in [6.07, 6.45) is 0. The summed E-state index contributed by atoms with van der Waals surface area (Å²) in [6, 6.07) is 8.13. The molecule has 1 aromatic carbocycles. The van der Waals surface area contributed by atoms with Gasteiger partial charge in [0.25, 0.3) is 5.91 Å². The molecule has 0 spiro atoms. The highest BCUT2D eigenvalue weighted by Gasteiger charge is 2.18. The SMILES string of the molecule is Cc1cccc(NC(=O)NC(C)c2cc(O)c(C(N)=O)s2)c1. The van der Waals surface area contributed by atoms with Crippen molar-refractivity contribution >= 4 is 29.0 Å². The number of primary amides is 1. The molecule has 7 heteroatoms. The monoisotopic (exact) mass is 319 g/mol. The topological polar surface area (TPSA) is 104 Å². The average molecular weight is 319 g/mol. The van der Waals surface area contributed by atoms with E-state index in [0.29, 0.717) is 10.6 Å². The number of nitrogens with one attached hydrogen (secondary N) is 2. The third kappa shape index (κ3) is 3.76. The number of anilines is 1. The van der Waals surface area contributed by atoms with Gasteiger partial charge in [-0.15, -0.1) is 11.3 Å². The lowest BCUT2D eigenvalue weighted by molar-refractivity contribution is 0.100. The van der Waals surface area contributed by atoms with Gasteiger partial charge >= 0.3 is 6.03 Å². The number of carbonyl (C=O) groups is 2. The zero-order valence-corrected chi connectivity index (χ0v) is 13.0. The molecule has 2 rings (SSSR count). The van der Waals surface area contributed by atoms with E-state index in [9.17, 15) is 14.7 Å². The zero-order chi connectivity index (χ0) is 16.3. The largest absolute Gasteiger partial charge is 0.506 e. The van der Waals surface area contributed by atoms with E-state index < -0.39 is 5.91 Å². The molecule has 3 amide bonds. The molecule has 0 aliphatic rings. The van der Waals surface area contributed by atoms with E-state index in [2.05, 4.69) is 10.6 Å². The van der Waals surface area contributed by atoms with E-state index in [-0.39, 0.29) is 22.7 Å². The van der Waals surface area contributed by atoms with Gasteiger partial charge in [0.1, 0.15) is 10.6 Å². The molecule has 22 heavy (non-hydrogen) atoms. The van der Waals surface area contributed by atoms with Crippen LogP contribution in [0.4, 0.5) is 10.5 Å². The van der Waals surface area contributed by atoms with Crippen molar-refractivity contribution in [2.45, 2.75) is 19.9 Å². The van der Waals surface area contributed by atoms with E-state index in [0.717, 1.165) is 16.9 Å². The van der Waals surface area contributed by atoms with Crippen LogP contribution in [0.3, 0.4) is 0 Å². The van der Waals surface area contributed by atoms with Gasteiger partial charge in [0.05, 0.1) is 6.04 Å². The van der Waals surface area contributed by atoms with Gasteiger partial charge in [0.15, 0.2) is 0 Å². The van der Waals surface area contributed by atoms with Crippen molar-refractivity contribution in [3.8, 4) is 5.75 Å². The number of thiophene rings is 1. The number of amides is 3. The quantitative estimate of drug-likeness (QED) is 0.696. The summed E-state index contributed by atoms with van der Waals surface area (Å²) in [5.74, 6) is -0.856. The van der Waals surface area contributed by atoms with Gasteiger partial charge in [-0.3, -0.25) is 4.79 Å². The average Bonchev–Trinajstić information content (AvgIpc) is 2.81. The summed E-state index contributed by atoms with van der Waals surface area (Å²) in [4.78, 5) is 23.8. The Morgan fingerprint density at radius 3 is 2.64 bits per heavy atom. The van der Waals surface area contributed by atoms with Crippen LogP contribution in [-0.2, 0) is 0 Å². The van der Waals surface area contributed by atoms with E-state index in [1.807, 2.05) is 25.1 Å². The number of benzene rings is 1. The summed E-state index contributed by atoms with van der Waals surface area (Å²) in [6.45, 7) is 3.69.